The molecule has 0 aliphatic heterocycles. The molecule has 0 saturated heterocycles. The second-order valence-electron chi connectivity index (χ2n) is 17.5. The lowest BCUT2D eigenvalue weighted by Gasteiger charge is -2.17. The van der Waals surface area contributed by atoms with Crippen LogP contribution >= 0.6 is 0 Å². The van der Waals surface area contributed by atoms with Gasteiger partial charge in [0, 0.05) is 19.6 Å². The molecular formula is C51H102O3. The summed E-state index contributed by atoms with van der Waals surface area (Å²) in [6, 6.07) is 0. The quantitative estimate of drug-likeness (QED) is 0.0579. The van der Waals surface area contributed by atoms with Gasteiger partial charge in [-0.15, -0.1) is 0 Å². The first-order valence-corrected chi connectivity index (χ1v) is 25.4. The number of carbonyl (C=O) groups excluding carboxylic acids is 1. The van der Waals surface area contributed by atoms with Gasteiger partial charge in [0.25, 0.3) is 0 Å². The van der Waals surface area contributed by atoms with Gasteiger partial charge in [-0.25, -0.2) is 0 Å². The Balaban J connectivity index is 4.07. The van der Waals surface area contributed by atoms with E-state index in [4.69, 9.17) is 9.47 Å². The normalized spacial score (nSPS) is 11.7. The third-order valence-electron chi connectivity index (χ3n) is 11.9. The van der Waals surface area contributed by atoms with E-state index in [1.54, 1.807) is 0 Å². The maximum Gasteiger partial charge on any atom is 0.140 e. The summed E-state index contributed by atoms with van der Waals surface area (Å²) < 4.78 is 12.2. The van der Waals surface area contributed by atoms with E-state index in [2.05, 4.69) is 20.8 Å². The van der Waals surface area contributed by atoms with Gasteiger partial charge < -0.3 is 9.47 Å². The molecule has 0 saturated carbocycles. The van der Waals surface area contributed by atoms with E-state index in [0.29, 0.717) is 25.4 Å². The number of carbonyl (C=O) groups is 1. The molecule has 0 atom stereocenters. The standard InChI is InChI=1S/C51H102O3/c1-4-7-10-13-16-19-22-25-28-31-34-37-40-43-46-53-48-50(51(52)45-42-39-36-33-30-27-24-21-18-15-12-9-6-3)49-54-47-44-41-38-35-32-29-26-23-20-17-14-11-8-5-2/h50H,4-49H2,1-3H3. The summed E-state index contributed by atoms with van der Waals surface area (Å²) >= 11 is 0. The third-order valence-corrected chi connectivity index (χ3v) is 11.9. The molecule has 0 aromatic rings. The molecule has 0 unspecified atom stereocenters. The molecule has 0 heterocycles. The largest absolute Gasteiger partial charge is 0.381 e. The summed E-state index contributed by atoms with van der Waals surface area (Å²) in [5.41, 5.74) is 0. The summed E-state index contributed by atoms with van der Waals surface area (Å²) in [6.07, 6.45) is 56.6. The van der Waals surface area contributed by atoms with Crippen molar-refractivity contribution in [3.05, 3.63) is 0 Å². The Morgan fingerprint density at radius 3 is 0.741 bits per heavy atom. The smallest absolute Gasteiger partial charge is 0.140 e. The van der Waals surface area contributed by atoms with Crippen LogP contribution in [-0.2, 0) is 14.3 Å². The van der Waals surface area contributed by atoms with Crippen LogP contribution in [0.5, 0.6) is 0 Å². The average Bonchev–Trinajstić information content (AvgIpc) is 3.18. The number of rotatable bonds is 49. The van der Waals surface area contributed by atoms with Crippen LogP contribution in [0, 0.1) is 5.92 Å². The maximum atomic E-state index is 13.3. The molecule has 0 bridgehead atoms. The van der Waals surface area contributed by atoms with E-state index in [1.807, 2.05) is 0 Å². The summed E-state index contributed by atoms with van der Waals surface area (Å²) in [6.45, 7) is 9.57. The van der Waals surface area contributed by atoms with Crippen molar-refractivity contribution >= 4 is 5.78 Å². The van der Waals surface area contributed by atoms with Crippen LogP contribution in [-0.4, -0.2) is 32.2 Å². The van der Waals surface area contributed by atoms with Crippen molar-refractivity contribution in [3.63, 3.8) is 0 Å². The van der Waals surface area contributed by atoms with Gasteiger partial charge in [0.1, 0.15) is 5.78 Å². The van der Waals surface area contributed by atoms with E-state index in [9.17, 15) is 4.79 Å². The van der Waals surface area contributed by atoms with Crippen LogP contribution in [0.4, 0.5) is 0 Å². The monoisotopic (exact) mass is 763 g/mol. The molecule has 0 radical (unpaired) electrons. The molecule has 0 aromatic carbocycles. The summed E-state index contributed by atoms with van der Waals surface area (Å²) in [4.78, 5) is 13.3. The number of Topliss-reactive ketones (excluding diaryl/α,β-unsaturated/α-hetero) is 1. The molecular weight excluding hydrogens is 661 g/mol. The molecule has 0 aliphatic rings. The van der Waals surface area contributed by atoms with Crippen LogP contribution in [0.1, 0.15) is 290 Å². The summed E-state index contributed by atoms with van der Waals surface area (Å²) in [5, 5.41) is 0. The predicted octanol–water partition coefficient (Wildman–Crippen LogP) is 17.6. The fraction of sp³-hybridized carbons (Fsp3) is 0.980. The van der Waals surface area contributed by atoms with Crippen LogP contribution < -0.4 is 0 Å². The molecule has 324 valence electrons. The van der Waals surface area contributed by atoms with Gasteiger partial charge in [-0.2, -0.15) is 0 Å². The topological polar surface area (TPSA) is 35.5 Å². The van der Waals surface area contributed by atoms with Crippen molar-refractivity contribution in [3.8, 4) is 0 Å². The number of ketones is 1. The molecule has 0 fully saturated rings. The SMILES string of the molecule is CCCCCCCCCCCCCCCCOCC(COCCCCCCCCCCCCCCCC)C(=O)CCCCCCCCCCCCCCC. The lowest BCUT2D eigenvalue weighted by atomic mass is 9.99. The van der Waals surface area contributed by atoms with Gasteiger partial charge >= 0.3 is 0 Å². The van der Waals surface area contributed by atoms with Crippen LogP contribution in [0.2, 0.25) is 0 Å². The molecule has 0 aliphatic carbocycles. The molecule has 54 heavy (non-hydrogen) atoms. The molecule has 3 nitrogen and oxygen atoms in total. The Morgan fingerprint density at radius 1 is 0.296 bits per heavy atom. The predicted molar refractivity (Wildman–Crippen MR) is 241 cm³/mol. The zero-order chi connectivity index (χ0) is 39.1. The minimum absolute atomic E-state index is 0.0828. The van der Waals surface area contributed by atoms with Crippen molar-refractivity contribution in [2.24, 2.45) is 5.92 Å². The molecule has 0 spiro atoms. The van der Waals surface area contributed by atoms with Gasteiger partial charge in [0.05, 0.1) is 19.1 Å². The van der Waals surface area contributed by atoms with E-state index < -0.39 is 0 Å². The minimum Gasteiger partial charge on any atom is -0.381 e. The second-order valence-corrected chi connectivity index (χ2v) is 17.5. The summed E-state index contributed by atoms with van der Waals surface area (Å²) in [7, 11) is 0. The highest BCUT2D eigenvalue weighted by molar-refractivity contribution is 5.81. The van der Waals surface area contributed by atoms with Crippen molar-refractivity contribution in [2.75, 3.05) is 26.4 Å². The molecule has 0 amide bonds. The summed E-state index contributed by atoms with van der Waals surface area (Å²) in [5.74, 6) is 0.292. The lowest BCUT2D eigenvalue weighted by Crippen LogP contribution is -2.26. The maximum absolute atomic E-state index is 13.3. The minimum atomic E-state index is -0.0828. The van der Waals surface area contributed by atoms with Gasteiger partial charge in [0.2, 0.25) is 0 Å². The Labute approximate surface area is 341 Å². The zero-order valence-electron chi connectivity index (χ0n) is 37.8. The Hall–Kier alpha value is -0.410. The first kappa shape index (κ1) is 53.6. The fourth-order valence-electron chi connectivity index (χ4n) is 8.00. The van der Waals surface area contributed by atoms with Crippen molar-refractivity contribution in [1.82, 2.24) is 0 Å². The second kappa shape index (κ2) is 48.7. The van der Waals surface area contributed by atoms with Gasteiger partial charge in [-0.3, -0.25) is 4.79 Å². The molecule has 3 heteroatoms. The molecule has 0 aromatic heterocycles. The van der Waals surface area contributed by atoms with Gasteiger partial charge in [-0.05, 0) is 19.3 Å². The first-order chi connectivity index (χ1) is 26.8. The van der Waals surface area contributed by atoms with Crippen molar-refractivity contribution in [1.29, 1.82) is 0 Å². The van der Waals surface area contributed by atoms with E-state index >= 15 is 0 Å². The number of hydrogen-bond donors (Lipinski definition) is 0. The van der Waals surface area contributed by atoms with Crippen LogP contribution in [0.3, 0.4) is 0 Å². The highest BCUT2D eigenvalue weighted by Gasteiger charge is 2.19. The number of ether oxygens (including phenoxy) is 2. The Bertz CT molecular complexity index is 642. The number of unbranched alkanes of at least 4 members (excludes halogenated alkanes) is 38. The molecule has 0 rings (SSSR count). The molecule has 0 N–H and O–H groups in total. The van der Waals surface area contributed by atoms with E-state index in [-0.39, 0.29) is 5.92 Å². The number of hydrogen-bond acceptors (Lipinski definition) is 3. The van der Waals surface area contributed by atoms with Crippen LogP contribution in [0.25, 0.3) is 0 Å². The lowest BCUT2D eigenvalue weighted by molar-refractivity contribution is -0.127. The van der Waals surface area contributed by atoms with E-state index in [1.165, 1.54) is 244 Å². The first-order valence-electron chi connectivity index (χ1n) is 25.4. The Kier molecular flexibility index (Phi) is 48.4. The Morgan fingerprint density at radius 2 is 0.500 bits per heavy atom. The zero-order valence-corrected chi connectivity index (χ0v) is 37.8. The fourth-order valence-corrected chi connectivity index (χ4v) is 8.00. The third kappa shape index (κ3) is 44.3. The van der Waals surface area contributed by atoms with Crippen LogP contribution in [0.15, 0.2) is 0 Å². The van der Waals surface area contributed by atoms with Crippen molar-refractivity contribution in [2.45, 2.75) is 290 Å². The highest BCUT2D eigenvalue weighted by Crippen LogP contribution is 2.17. The van der Waals surface area contributed by atoms with Crippen molar-refractivity contribution < 1.29 is 14.3 Å². The highest BCUT2D eigenvalue weighted by atomic mass is 16.5. The van der Waals surface area contributed by atoms with E-state index in [0.717, 1.165) is 32.5 Å². The van der Waals surface area contributed by atoms with Gasteiger partial charge in [0.15, 0.2) is 0 Å². The average molecular weight is 763 g/mol. The van der Waals surface area contributed by atoms with Gasteiger partial charge in [-0.1, -0.05) is 265 Å².